The summed E-state index contributed by atoms with van der Waals surface area (Å²) in [4.78, 5) is 0. The van der Waals surface area contributed by atoms with Gasteiger partial charge < -0.3 is 10.6 Å². The fourth-order valence-corrected chi connectivity index (χ4v) is 2.46. The van der Waals surface area contributed by atoms with Crippen LogP contribution in [0.3, 0.4) is 0 Å². The van der Waals surface area contributed by atoms with E-state index in [9.17, 15) is 17.6 Å². The molecule has 2 N–H and O–H groups in total. The average molecular weight is 442 g/mol. The van der Waals surface area contributed by atoms with Crippen LogP contribution in [0.25, 0.3) is 0 Å². The van der Waals surface area contributed by atoms with E-state index in [1.54, 1.807) is 18.2 Å². The van der Waals surface area contributed by atoms with Gasteiger partial charge in [-0.1, -0.05) is 11.6 Å². The van der Waals surface area contributed by atoms with Gasteiger partial charge in [0.25, 0.3) is 0 Å². The zero-order chi connectivity index (χ0) is 17.9. The van der Waals surface area contributed by atoms with Crippen molar-refractivity contribution in [2.24, 2.45) is 0 Å². The molecule has 2 aromatic carbocycles. The highest BCUT2D eigenvalue weighted by Gasteiger charge is 2.31. The number of anilines is 1. The number of nitrogens with one attached hydrogen (secondary N) is 2. The van der Waals surface area contributed by atoms with Crippen LogP contribution in [0, 0.1) is 5.82 Å². The molecule has 0 saturated heterocycles. The zero-order valence-corrected chi connectivity index (χ0v) is 15.0. The number of rotatable bonds is 3. The van der Waals surface area contributed by atoms with Crippen LogP contribution in [-0.2, 0) is 12.7 Å². The number of thiocarbonyl (C=S) groups is 1. The lowest BCUT2D eigenvalue weighted by atomic mass is 10.1. The average Bonchev–Trinajstić information content (AvgIpc) is 2.47. The third-order valence-corrected chi connectivity index (χ3v) is 4.39. The zero-order valence-electron chi connectivity index (χ0n) is 11.8. The van der Waals surface area contributed by atoms with Gasteiger partial charge in [0, 0.05) is 16.7 Å². The molecule has 0 atom stereocenters. The van der Waals surface area contributed by atoms with Crippen LogP contribution in [0.2, 0.25) is 5.02 Å². The summed E-state index contributed by atoms with van der Waals surface area (Å²) in [6.45, 7) is -0.0586. The minimum absolute atomic E-state index is 0.0586. The number of benzene rings is 2. The van der Waals surface area contributed by atoms with Crippen LogP contribution in [0.4, 0.5) is 23.2 Å². The molecule has 2 rings (SSSR count). The van der Waals surface area contributed by atoms with Crippen LogP contribution in [-0.4, -0.2) is 5.11 Å². The Morgan fingerprint density at radius 3 is 2.50 bits per heavy atom. The largest absolute Gasteiger partial charge is 0.416 e. The van der Waals surface area contributed by atoms with E-state index in [0.717, 1.165) is 12.1 Å². The lowest BCUT2D eigenvalue weighted by molar-refractivity contribution is -0.137. The van der Waals surface area contributed by atoms with Gasteiger partial charge in [0.2, 0.25) is 0 Å². The van der Waals surface area contributed by atoms with E-state index >= 15 is 0 Å². The lowest BCUT2D eigenvalue weighted by Gasteiger charge is -2.13. The van der Waals surface area contributed by atoms with E-state index in [4.69, 9.17) is 23.8 Å². The van der Waals surface area contributed by atoms with Gasteiger partial charge in [0.1, 0.15) is 5.82 Å². The second-order valence-electron chi connectivity index (χ2n) is 4.78. The normalized spacial score (nSPS) is 11.2. The molecule has 0 aromatic heterocycles. The number of hydrogen-bond donors (Lipinski definition) is 2. The molecule has 0 unspecified atom stereocenters. The Morgan fingerprint density at radius 2 is 1.88 bits per heavy atom. The van der Waals surface area contributed by atoms with E-state index < -0.39 is 17.6 Å². The maximum Gasteiger partial charge on any atom is 0.416 e. The van der Waals surface area contributed by atoms with Crippen LogP contribution in [0.15, 0.2) is 40.9 Å². The van der Waals surface area contributed by atoms with Gasteiger partial charge in [-0.05, 0) is 70.1 Å². The van der Waals surface area contributed by atoms with Gasteiger partial charge in [0.15, 0.2) is 5.11 Å². The Morgan fingerprint density at radius 1 is 1.17 bits per heavy atom. The predicted molar refractivity (Wildman–Crippen MR) is 93.6 cm³/mol. The Balaban J connectivity index is 2.01. The van der Waals surface area contributed by atoms with Crippen molar-refractivity contribution in [1.29, 1.82) is 0 Å². The first kappa shape index (κ1) is 19.0. The van der Waals surface area contributed by atoms with E-state index in [-0.39, 0.29) is 17.2 Å². The van der Waals surface area contributed by atoms with Gasteiger partial charge in [-0.15, -0.1) is 0 Å². The molecule has 9 heteroatoms. The molecule has 0 saturated carbocycles. The van der Waals surface area contributed by atoms with Crippen molar-refractivity contribution in [3.63, 3.8) is 0 Å². The molecule has 0 aliphatic rings. The summed E-state index contributed by atoms with van der Waals surface area (Å²) in [5.41, 5.74) is -0.311. The molecule has 0 bridgehead atoms. The molecule has 0 aliphatic carbocycles. The van der Waals surface area contributed by atoms with Crippen molar-refractivity contribution in [3.05, 3.63) is 62.8 Å². The fraction of sp³-hybridized carbons (Fsp3) is 0.133. The summed E-state index contributed by atoms with van der Waals surface area (Å²) in [5, 5.41) is 6.20. The monoisotopic (exact) mass is 440 g/mol. The molecule has 24 heavy (non-hydrogen) atoms. The summed E-state index contributed by atoms with van der Waals surface area (Å²) in [7, 11) is 0. The summed E-state index contributed by atoms with van der Waals surface area (Å²) in [5.74, 6) is -0.958. The smallest absolute Gasteiger partial charge is 0.358 e. The van der Waals surface area contributed by atoms with E-state index in [2.05, 4.69) is 26.6 Å². The maximum absolute atomic E-state index is 13.3. The van der Waals surface area contributed by atoms with Crippen LogP contribution >= 0.6 is 39.7 Å². The molecule has 128 valence electrons. The summed E-state index contributed by atoms with van der Waals surface area (Å²) >= 11 is 14.3. The van der Waals surface area contributed by atoms with E-state index in [1.165, 1.54) is 0 Å². The highest BCUT2D eigenvalue weighted by Crippen LogP contribution is 2.30. The van der Waals surface area contributed by atoms with Crippen LogP contribution in [0.5, 0.6) is 0 Å². The maximum atomic E-state index is 13.3. The summed E-state index contributed by atoms with van der Waals surface area (Å²) in [6, 6.07) is 7.40. The minimum Gasteiger partial charge on any atom is -0.358 e. The first-order chi connectivity index (χ1) is 11.1. The first-order valence-corrected chi connectivity index (χ1v) is 8.09. The minimum atomic E-state index is -4.61. The molecule has 0 fully saturated rings. The molecular weight excluding hydrogens is 432 g/mol. The Bertz CT molecular complexity index is 768. The standard InChI is InChI=1S/C15H10BrClF4N2S/c16-12-2-1-11(6-13(12)17)23-14(24)22-7-8-3-9(15(19,20)21)5-10(18)4-8/h1-6H,7H2,(H2,22,23,24). The van der Waals surface area contributed by atoms with E-state index in [0.29, 0.717) is 21.2 Å². The molecule has 0 amide bonds. The van der Waals surface area contributed by atoms with Gasteiger partial charge in [0.05, 0.1) is 10.6 Å². The molecular formula is C15H10BrClF4N2S. The van der Waals surface area contributed by atoms with Crippen LogP contribution in [0.1, 0.15) is 11.1 Å². The summed E-state index contributed by atoms with van der Waals surface area (Å²) < 4.78 is 52.0. The fourth-order valence-electron chi connectivity index (χ4n) is 1.85. The van der Waals surface area contributed by atoms with Crippen LogP contribution < -0.4 is 10.6 Å². The van der Waals surface area contributed by atoms with Crippen molar-refractivity contribution in [3.8, 4) is 0 Å². The number of hydrogen-bond acceptors (Lipinski definition) is 1. The molecule has 0 aliphatic heterocycles. The van der Waals surface area contributed by atoms with Gasteiger partial charge in [-0.3, -0.25) is 0 Å². The Hall–Kier alpha value is -1.38. The lowest BCUT2D eigenvalue weighted by Crippen LogP contribution is -2.28. The topological polar surface area (TPSA) is 24.1 Å². The van der Waals surface area contributed by atoms with Crippen molar-refractivity contribution < 1.29 is 17.6 Å². The Kier molecular flexibility index (Phi) is 6.06. The molecule has 0 spiro atoms. The molecule has 0 radical (unpaired) electrons. The van der Waals surface area contributed by atoms with E-state index in [1.807, 2.05) is 0 Å². The van der Waals surface area contributed by atoms with Gasteiger partial charge in [-0.2, -0.15) is 13.2 Å². The summed E-state index contributed by atoms with van der Waals surface area (Å²) in [6.07, 6.45) is -4.61. The number of alkyl halides is 3. The molecule has 2 nitrogen and oxygen atoms in total. The third-order valence-electron chi connectivity index (χ3n) is 2.92. The molecule has 0 heterocycles. The van der Waals surface area contributed by atoms with Crippen molar-refractivity contribution in [2.45, 2.75) is 12.7 Å². The molecule has 2 aromatic rings. The first-order valence-electron chi connectivity index (χ1n) is 6.52. The van der Waals surface area contributed by atoms with Crippen molar-refractivity contribution in [2.75, 3.05) is 5.32 Å². The second-order valence-corrected chi connectivity index (χ2v) is 6.45. The second kappa shape index (κ2) is 7.67. The third kappa shape index (κ3) is 5.32. The van der Waals surface area contributed by atoms with Crippen molar-refractivity contribution in [1.82, 2.24) is 5.32 Å². The number of halogens is 6. The van der Waals surface area contributed by atoms with Crippen molar-refractivity contribution >= 4 is 50.5 Å². The van der Waals surface area contributed by atoms with Gasteiger partial charge >= 0.3 is 6.18 Å². The highest BCUT2D eigenvalue weighted by atomic mass is 79.9. The predicted octanol–water partition coefficient (Wildman–Crippen LogP) is 5.75. The SMILES string of the molecule is Fc1cc(CNC(=S)Nc2ccc(Br)c(Cl)c2)cc(C(F)(F)F)c1. The Labute approximate surface area is 154 Å². The quantitative estimate of drug-likeness (QED) is 0.469. The highest BCUT2D eigenvalue weighted by molar-refractivity contribution is 9.10. The van der Waals surface area contributed by atoms with Gasteiger partial charge in [-0.25, -0.2) is 4.39 Å².